The van der Waals surface area contributed by atoms with Crippen molar-refractivity contribution in [1.82, 2.24) is 0 Å². The number of para-hydroxylation sites is 1. The number of nitrogens with one attached hydrogen (secondary N) is 1. The van der Waals surface area contributed by atoms with Crippen LogP contribution >= 0.6 is 11.6 Å². The van der Waals surface area contributed by atoms with Gasteiger partial charge in [0.05, 0.1) is 17.8 Å². The number of hydrogen-bond acceptors (Lipinski definition) is 4. The first-order chi connectivity index (χ1) is 11.1. The molecular formula is C17H12ClNO4. The van der Waals surface area contributed by atoms with Gasteiger partial charge in [0.2, 0.25) is 0 Å². The predicted molar refractivity (Wildman–Crippen MR) is 88.4 cm³/mol. The molecule has 0 aliphatic rings. The van der Waals surface area contributed by atoms with Gasteiger partial charge in [0.15, 0.2) is 0 Å². The first-order valence-electron chi connectivity index (χ1n) is 6.76. The van der Waals surface area contributed by atoms with Crippen molar-refractivity contribution in [2.75, 3.05) is 12.4 Å². The second-order valence-electron chi connectivity index (χ2n) is 4.79. The number of carbonyl (C=O) groups is 1. The summed E-state index contributed by atoms with van der Waals surface area (Å²) in [5.74, 6) is 0.0142. The molecule has 0 bridgehead atoms. The third-order valence-electron chi connectivity index (χ3n) is 3.31. The fraction of sp³-hybridized carbons (Fsp3) is 0.0588. The lowest BCUT2D eigenvalue weighted by Gasteiger charge is -2.07. The molecule has 23 heavy (non-hydrogen) atoms. The normalized spacial score (nSPS) is 10.5. The zero-order valence-corrected chi connectivity index (χ0v) is 12.9. The topological polar surface area (TPSA) is 68.5 Å². The predicted octanol–water partition coefficient (Wildman–Crippen LogP) is 3.71. The number of halogens is 1. The fourth-order valence-corrected chi connectivity index (χ4v) is 2.32. The van der Waals surface area contributed by atoms with E-state index in [0.29, 0.717) is 27.4 Å². The average Bonchev–Trinajstić information content (AvgIpc) is 2.55. The lowest BCUT2D eigenvalue weighted by molar-refractivity contribution is 0.102. The third kappa shape index (κ3) is 3.05. The van der Waals surface area contributed by atoms with Crippen LogP contribution in [-0.4, -0.2) is 13.0 Å². The maximum Gasteiger partial charge on any atom is 0.349 e. The zero-order chi connectivity index (χ0) is 16.4. The SMILES string of the molecule is COc1ccc2oc(=O)c(C(=O)Nc3ccccc3Cl)cc2c1. The van der Waals surface area contributed by atoms with Gasteiger partial charge in [-0.05, 0) is 36.4 Å². The number of hydrogen-bond donors (Lipinski definition) is 1. The van der Waals surface area contributed by atoms with Crippen molar-refractivity contribution < 1.29 is 13.9 Å². The molecule has 0 radical (unpaired) electrons. The summed E-state index contributed by atoms with van der Waals surface area (Å²) in [5.41, 5.74) is -0.0210. The highest BCUT2D eigenvalue weighted by atomic mass is 35.5. The fourth-order valence-electron chi connectivity index (χ4n) is 2.14. The van der Waals surface area contributed by atoms with Gasteiger partial charge in [0.1, 0.15) is 16.9 Å². The molecular weight excluding hydrogens is 318 g/mol. The molecule has 1 amide bonds. The van der Waals surface area contributed by atoms with Crippen molar-refractivity contribution in [2.45, 2.75) is 0 Å². The summed E-state index contributed by atoms with van der Waals surface area (Å²) >= 11 is 6.00. The number of anilines is 1. The van der Waals surface area contributed by atoms with Crippen LogP contribution in [0.4, 0.5) is 5.69 Å². The molecule has 0 aliphatic carbocycles. The summed E-state index contributed by atoms with van der Waals surface area (Å²) in [5, 5.41) is 3.57. The summed E-state index contributed by atoms with van der Waals surface area (Å²) in [6.07, 6.45) is 0. The maximum atomic E-state index is 12.3. The van der Waals surface area contributed by atoms with E-state index in [4.69, 9.17) is 20.8 Å². The maximum absolute atomic E-state index is 12.3. The Kier molecular flexibility index (Phi) is 4.04. The number of benzene rings is 2. The van der Waals surface area contributed by atoms with E-state index in [1.807, 2.05) is 0 Å². The number of ether oxygens (including phenoxy) is 1. The van der Waals surface area contributed by atoms with Crippen LogP contribution in [0.25, 0.3) is 11.0 Å². The van der Waals surface area contributed by atoms with E-state index in [1.54, 1.807) is 42.5 Å². The molecule has 3 aromatic rings. The third-order valence-corrected chi connectivity index (χ3v) is 3.64. The van der Waals surface area contributed by atoms with E-state index in [2.05, 4.69) is 5.32 Å². The molecule has 116 valence electrons. The number of rotatable bonds is 3. The highest BCUT2D eigenvalue weighted by Gasteiger charge is 2.15. The minimum Gasteiger partial charge on any atom is -0.497 e. The van der Waals surface area contributed by atoms with Crippen molar-refractivity contribution in [3.63, 3.8) is 0 Å². The standard InChI is InChI=1S/C17H12ClNO4/c1-22-11-6-7-15-10(8-11)9-12(17(21)23-15)16(20)19-14-5-3-2-4-13(14)18/h2-9H,1H3,(H,19,20). The quantitative estimate of drug-likeness (QED) is 0.744. The van der Waals surface area contributed by atoms with Crippen LogP contribution in [0.5, 0.6) is 5.75 Å². The van der Waals surface area contributed by atoms with Gasteiger partial charge in [0, 0.05) is 5.39 Å². The average molecular weight is 330 g/mol. The molecule has 0 saturated heterocycles. The zero-order valence-electron chi connectivity index (χ0n) is 12.1. The molecule has 1 aromatic heterocycles. The Balaban J connectivity index is 2.01. The van der Waals surface area contributed by atoms with Crippen LogP contribution in [-0.2, 0) is 0 Å². The van der Waals surface area contributed by atoms with Crippen LogP contribution in [0.2, 0.25) is 5.02 Å². The molecule has 0 fully saturated rings. The number of carbonyl (C=O) groups excluding carboxylic acids is 1. The van der Waals surface area contributed by atoms with Gasteiger partial charge in [-0.2, -0.15) is 0 Å². The van der Waals surface area contributed by atoms with Crippen LogP contribution in [0.15, 0.2) is 57.7 Å². The Hall–Kier alpha value is -2.79. The molecule has 1 N–H and O–H groups in total. The lowest BCUT2D eigenvalue weighted by Crippen LogP contribution is -2.20. The van der Waals surface area contributed by atoms with Crippen LogP contribution < -0.4 is 15.7 Å². The number of methoxy groups -OCH3 is 1. The van der Waals surface area contributed by atoms with Crippen LogP contribution in [0, 0.1) is 0 Å². The molecule has 0 aliphatic heterocycles. The van der Waals surface area contributed by atoms with Crippen molar-refractivity contribution in [1.29, 1.82) is 0 Å². The molecule has 0 unspecified atom stereocenters. The Bertz CT molecular complexity index is 949. The van der Waals surface area contributed by atoms with Crippen molar-refractivity contribution in [3.8, 4) is 5.75 Å². The van der Waals surface area contributed by atoms with Gasteiger partial charge >= 0.3 is 5.63 Å². The molecule has 5 nitrogen and oxygen atoms in total. The summed E-state index contributed by atoms with van der Waals surface area (Å²) in [4.78, 5) is 24.3. The number of amides is 1. The minimum atomic E-state index is -0.716. The molecule has 0 spiro atoms. The Labute approximate surface area is 136 Å². The van der Waals surface area contributed by atoms with Gasteiger partial charge in [0.25, 0.3) is 5.91 Å². The van der Waals surface area contributed by atoms with Crippen molar-refractivity contribution in [2.24, 2.45) is 0 Å². The molecule has 0 saturated carbocycles. The molecule has 3 rings (SSSR count). The Morgan fingerprint density at radius 2 is 1.96 bits per heavy atom. The van der Waals surface area contributed by atoms with E-state index >= 15 is 0 Å². The first kappa shape index (κ1) is 15.1. The molecule has 6 heteroatoms. The van der Waals surface area contributed by atoms with Crippen molar-refractivity contribution in [3.05, 3.63) is 69.5 Å². The highest BCUT2D eigenvalue weighted by Crippen LogP contribution is 2.23. The Morgan fingerprint density at radius 3 is 2.70 bits per heavy atom. The van der Waals surface area contributed by atoms with E-state index in [-0.39, 0.29) is 5.56 Å². The van der Waals surface area contributed by atoms with Crippen LogP contribution in [0.1, 0.15) is 10.4 Å². The summed E-state index contributed by atoms with van der Waals surface area (Å²) in [6.45, 7) is 0. The molecule has 1 heterocycles. The summed E-state index contributed by atoms with van der Waals surface area (Å²) in [7, 11) is 1.53. The van der Waals surface area contributed by atoms with Gasteiger partial charge < -0.3 is 14.5 Å². The van der Waals surface area contributed by atoms with Crippen LogP contribution in [0.3, 0.4) is 0 Å². The summed E-state index contributed by atoms with van der Waals surface area (Å²) < 4.78 is 10.3. The van der Waals surface area contributed by atoms with Gasteiger partial charge in [-0.25, -0.2) is 4.79 Å². The minimum absolute atomic E-state index is 0.106. The van der Waals surface area contributed by atoms with Gasteiger partial charge in [-0.15, -0.1) is 0 Å². The van der Waals surface area contributed by atoms with E-state index in [9.17, 15) is 9.59 Å². The smallest absolute Gasteiger partial charge is 0.349 e. The first-order valence-corrected chi connectivity index (χ1v) is 7.14. The highest BCUT2D eigenvalue weighted by molar-refractivity contribution is 6.33. The van der Waals surface area contributed by atoms with Crippen molar-refractivity contribution >= 4 is 34.2 Å². The second-order valence-corrected chi connectivity index (χ2v) is 5.19. The molecule has 2 aromatic carbocycles. The van der Waals surface area contributed by atoms with E-state index < -0.39 is 11.5 Å². The van der Waals surface area contributed by atoms with Gasteiger partial charge in [-0.3, -0.25) is 4.79 Å². The largest absolute Gasteiger partial charge is 0.497 e. The number of fused-ring (bicyclic) bond motifs is 1. The Morgan fingerprint density at radius 1 is 1.17 bits per heavy atom. The lowest BCUT2D eigenvalue weighted by atomic mass is 10.1. The second kappa shape index (κ2) is 6.14. The molecule has 0 atom stereocenters. The monoisotopic (exact) mass is 329 g/mol. The summed E-state index contributed by atoms with van der Waals surface area (Å²) in [6, 6.07) is 13.2. The van der Waals surface area contributed by atoms with Gasteiger partial charge in [-0.1, -0.05) is 23.7 Å². The van der Waals surface area contributed by atoms with E-state index in [1.165, 1.54) is 13.2 Å². The van der Waals surface area contributed by atoms with E-state index in [0.717, 1.165) is 0 Å².